The van der Waals surface area contributed by atoms with Crippen molar-refractivity contribution in [1.82, 2.24) is 10.7 Å². The second kappa shape index (κ2) is 7.54. The second-order valence-electron chi connectivity index (χ2n) is 5.35. The zero-order valence-electron chi connectivity index (χ0n) is 11.5. The molecule has 0 spiro atoms. The molecular weight excluding hydrogens is 212 g/mol. The average molecular weight is 240 g/mol. The Labute approximate surface area is 105 Å². The van der Waals surface area contributed by atoms with Crippen LogP contribution in [0.15, 0.2) is 4.99 Å². The van der Waals surface area contributed by atoms with Crippen LogP contribution >= 0.6 is 0 Å². The monoisotopic (exact) mass is 240 g/mol. The van der Waals surface area contributed by atoms with Crippen molar-refractivity contribution in [3.63, 3.8) is 0 Å². The first-order valence-corrected chi connectivity index (χ1v) is 6.96. The summed E-state index contributed by atoms with van der Waals surface area (Å²) in [6.07, 6.45) is 7.38. The molecule has 0 amide bonds. The van der Waals surface area contributed by atoms with Gasteiger partial charge in [-0.3, -0.25) is 5.43 Å². The highest BCUT2D eigenvalue weighted by molar-refractivity contribution is 5.79. The maximum atomic E-state index is 5.52. The highest BCUT2D eigenvalue weighted by atomic mass is 15.3. The van der Waals surface area contributed by atoms with E-state index in [4.69, 9.17) is 5.84 Å². The summed E-state index contributed by atoms with van der Waals surface area (Å²) >= 11 is 0. The molecule has 1 rings (SSSR count). The SMILES string of the molecule is CCC(C)CC(C)NC(=NC1CCCC1)NN. The first kappa shape index (κ1) is 14.3. The van der Waals surface area contributed by atoms with Gasteiger partial charge in [-0.15, -0.1) is 0 Å². The molecule has 1 aliphatic carbocycles. The molecule has 1 fully saturated rings. The normalized spacial score (nSPS) is 21.3. The second-order valence-corrected chi connectivity index (χ2v) is 5.35. The number of nitrogens with one attached hydrogen (secondary N) is 2. The molecule has 0 bridgehead atoms. The molecule has 0 radical (unpaired) electrons. The molecule has 4 N–H and O–H groups in total. The standard InChI is InChI=1S/C13H28N4/c1-4-10(2)9-11(3)15-13(17-14)16-12-7-5-6-8-12/h10-12H,4-9,14H2,1-3H3,(H2,15,16,17). The molecular formula is C13H28N4. The third-order valence-electron chi connectivity index (χ3n) is 3.61. The van der Waals surface area contributed by atoms with Crippen LogP contribution in [-0.4, -0.2) is 18.0 Å². The number of nitrogens with two attached hydrogens (primary N) is 1. The zero-order chi connectivity index (χ0) is 12.7. The van der Waals surface area contributed by atoms with Gasteiger partial charge >= 0.3 is 0 Å². The Morgan fingerprint density at radius 1 is 1.35 bits per heavy atom. The van der Waals surface area contributed by atoms with Crippen LogP contribution < -0.4 is 16.6 Å². The Bertz CT molecular complexity index is 234. The molecule has 0 saturated heterocycles. The summed E-state index contributed by atoms with van der Waals surface area (Å²) < 4.78 is 0. The minimum Gasteiger partial charge on any atom is -0.353 e. The Kier molecular flexibility index (Phi) is 6.34. The Balaban J connectivity index is 2.39. The quantitative estimate of drug-likeness (QED) is 0.299. The van der Waals surface area contributed by atoms with Gasteiger partial charge in [0.15, 0.2) is 0 Å². The fraction of sp³-hybridized carbons (Fsp3) is 0.923. The fourth-order valence-corrected chi connectivity index (χ4v) is 2.39. The van der Waals surface area contributed by atoms with Gasteiger partial charge in [0, 0.05) is 6.04 Å². The van der Waals surface area contributed by atoms with Gasteiger partial charge in [-0.2, -0.15) is 0 Å². The highest BCUT2D eigenvalue weighted by Gasteiger charge is 2.15. The number of aliphatic imine (C=N–C) groups is 1. The smallest absolute Gasteiger partial charge is 0.206 e. The van der Waals surface area contributed by atoms with Gasteiger partial charge < -0.3 is 5.32 Å². The minimum atomic E-state index is 0.418. The lowest BCUT2D eigenvalue weighted by Gasteiger charge is -2.20. The number of hydrazine groups is 1. The molecule has 0 aromatic rings. The lowest BCUT2D eigenvalue weighted by atomic mass is 10.0. The van der Waals surface area contributed by atoms with E-state index in [1.165, 1.54) is 32.1 Å². The van der Waals surface area contributed by atoms with E-state index >= 15 is 0 Å². The predicted octanol–water partition coefficient (Wildman–Crippen LogP) is 2.16. The molecule has 100 valence electrons. The van der Waals surface area contributed by atoms with E-state index in [0.717, 1.165) is 18.3 Å². The summed E-state index contributed by atoms with van der Waals surface area (Å²) in [7, 11) is 0. The lowest BCUT2D eigenvalue weighted by Crippen LogP contribution is -2.46. The van der Waals surface area contributed by atoms with E-state index in [1.54, 1.807) is 0 Å². The molecule has 0 heterocycles. The molecule has 2 unspecified atom stereocenters. The van der Waals surface area contributed by atoms with E-state index < -0.39 is 0 Å². The molecule has 0 aromatic heterocycles. The van der Waals surface area contributed by atoms with Gasteiger partial charge in [0.05, 0.1) is 6.04 Å². The zero-order valence-corrected chi connectivity index (χ0v) is 11.5. The van der Waals surface area contributed by atoms with E-state index in [0.29, 0.717) is 12.1 Å². The van der Waals surface area contributed by atoms with Crippen molar-refractivity contribution >= 4 is 5.96 Å². The summed E-state index contributed by atoms with van der Waals surface area (Å²) in [5.41, 5.74) is 2.69. The minimum absolute atomic E-state index is 0.418. The topological polar surface area (TPSA) is 62.4 Å². The van der Waals surface area contributed by atoms with Crippen molar-refractivity contribution < 1.29 is 0 Å². The number of hydrogen-bond donors (Lipinski definition) is 3. The van der Waals surface area contributed by atoms with Crippen LogP contribution in [0.1, 0.15) is 59.3 Å². The molecule has 4 nitrogen and oxygen atoms in total. The predicted molar refractivity (Wildman–Crippen MR) is 73.7 cm³/mol. The van der Waals surface area contributed by atoms with Crippen LogP contribution in [0.25, 0.3) is 0 Å². The fourth-order valence-electron chi connectivity index (χ4n) is 2.39. The summed E-state index contributed by atoms with van der Waals surface area (Å²) in [5, 5.41) is 3.37. The van der Waals surface area contributed by atoms with E-state index in [1.807, 2.05) is 0 Å². The Morgan fingerprint density at radius 2 is 2.00 bits per heavy atom. The van der Waals surface area contributed by atoms with Gasteiger partial charge in [-0.1, -0.05) is 33.1 Å². The number of nitrogens with zero attached hydrogens (tertiary/aromatic N) is 1. The number of rotatable bonds is 5. The van der Waals surface area contributed by atoms with Gasteiger partial charge in [0.2, 0.25) is 5.96 Å². The molecule has 17 heavy (non-hydrogen) atoms. The average Bonchev–Trinajstić information content (AvgIpc) is 2.80. The van der Waals surface area contributed by atoms with Gasteiger partial charge in [-0.25, -0.2) is 10.8 Å². The van der Waals surface area contributed by atoms with Crippen molar-refractivity contribution in [1.29, 1.82) is 0 Å². The lowest BCUT2D eigenvalue weighted by molar-refractivity contribution is 0.444. The van der Waals surface area contributed by atoms with Crippen LogP contribution in [0.5, 0.6) is 0 Å². The van der Waals surface area contributed by atoms with Crippen molar-refractivity contribution in [3.8, 4) is 0 Å². The maximum Gasteiger partial charge on any atom is 0.206 e. The van der Waals surface area contributed by atoms with E-state index in [-0.39, 0.29) is 0 Å². The van der Waals surface area contributed by atoms with E-state index in [2.05, 4.69) is 36.5 Å². The van der Waals surface area contributed by atoms with Gasteiger partial charge in [-0.05, 0) is 32.1 Å². The largest absolute Gasteiger partial charge is 0.353 e. The first-order chi connectivity index (χ1) is 8.15. The Hall–Kier alpha value is -0.770. The molecule has 1 aliphatic rings. The molecule has 4 heteroatoms. The summed E-state index contributed by atoms with van der Waals surface area (Å²) in [4.78, 5) is 4.64. The summed E-state index contributed by atoms with van der Waals surface area (Å²) in [6.45, 7) is 6.70. The third-order valence-corrected chi connectivity index (χ3v) is 3.61. The van der Waals surface area contributed by atoms with Crippen molar-refractivity contribution in [3.05, 3.63) is 0 Å². The molecule has 0 aliphatic heterocycles. The summed E-state index contributed by atoms with van der Waals surface area (Å²) in [5.74, 6) is 7.02. The number of guanidine groups is 1. The van der Waals surface area contributed by atoms with Crippen molar-refractivity contribution in [2.75, 3.05) is 0 Å². The van der Waals surface area contributed by atoms with Gasteiger partial charge in [0.1, 0.15) is 0 Å². The first-order valence-electron chi connectivity index (χ1n) is 6.96. The van der Waals surface area contributed by atoms with Crippen molar-refractivity contribution in [2.24, 2.45) is 16.8 Å². The molecule has 1 saturated carbocycles. The van der Waals surface area contributed by atoms with Crippen LogP contribution in [0.3, 0.4) is 0 Å². The molecule has 2 atom stereocenters. The van der Waals surface area contributed by atoms with Gasteiger partial charge in [0.25, 0.3) is 0 Å². The van der Waals surface area contributed by atoms with Crippen molar-refractivity contribution in [2.45, 2.75) is 71.4 Å². The highest BCUT2D eigenvalue weighted by Crippen LogP contribution is 2.20. The Morgan fingerprint density at radius 3 is 2.53 bits per heavy atom. The number of hydrogen-bond acceptors (Lipinski definition) is 2. The van der Waals surface area contributed by atoms with Crippen LogP contribution in [0, 0.1) is 5.92 Å². The molecule has 0 aromatic carbocycles. The maximum absolute atomic E-state index is 5.52. The van der Waals surface area contributed by atoms with Crippen LogP contribution in [0.2, 0.25) is 0 Å². The van der Waals surface area contributed by atoms with Crippen LogP contribution in [-0.2, 0) is 0 Å². The van der Waals surface area contributed by atoms with Crippen LogP contribution in [0.4, 0.5) is 0 Å². The third kappa shape index (κ3) is 5.39. The summed E-state index contributed by atoms with van der Waals surface area (Å²) in [6, 6.07) is 0.880. The van der Waals surface area contributed by atoms with E-state index in [9.17, 15) is 0 Å².